The summed E-state index contributed by atoms with van der Waals surface area (Å²) < 4.78 is 7.69. The van der Waals surface area contributed by atoms with E-state index in [2.05, 4.69) is 29.6 Å². The second kappa shape index (κ2) is 8.92. The van der Waals surface area contributed by atoms with Crippen LogP contribution in [0.4, 0.5) is 0 Å². The van der Waals surface area contributed by atoms with Crippen LogP contribution in [0.3, 0.4) is 0 Å². The molecular weight excluding hydrogens is 504 g/mol. The number of ether oxygens (including phenoxy) is 1. The number of carbonyl (C=O) groups excluding carboxylic acids is 2. The first-order valence-corrected chi connectivity index (χ1v) is 13.8. The summed E-state index contributed by atoms with van der Waals surface area (Å²) in [7, 11) is 0. The van der Waals surface area contributed by atoms with Gasteiger partial charge >= 0.3 is 0 Å². The van der Waals surface area contributed by atoms with Gasteiger partial charge in [0.05, 0.1) is 19.2 Å². The van der Waals surface area contributed by atoms with Crippen molar-refractivity contribution in [2.45, 2.75) is 47.8 Å². The van der Waals surface area contributed by atoms with Crippen molar-refractivity contribution < 1.29 is 19.4 Å². The molecule has 10 heteroatoms. The lowest BCUT2D eigenvalue weighted by Gasteiger charge is -2.52. The summed E-state index contributed by atoms with van der Waals surface area (Å²) >= 11 is 1.75. The third-order valence-corrected chi connectivity index (χ3v) is 8.81. The van der Waals surface area contributed by atoms with Gasteiger partial charge in [0.1, 0.15) is 6.17 Å². The van der Waals surface area contributed by atoms with Gasteiger partial charge in [-0.15, -0.1) is 11.8 Å². The number of pyridine rings is 1. The van der Waals surface area contributed by atoms with Crippen molar-refractivity contribution in [3.63, 3.8) is 0 Å². The molecule has 1 aromatic heterocycles. The summed E-state index contributed by atoms with van der Waals surface area (Å²) in [6, 6.07) is 17.5. The second-order valence-electron chi connectivity index (χ2n) is 10.1. The fraction of sp³-hybridized carbons (Fsp3) is 0.321. The van der Waals surface area contributed by atoms with Crippen LogP contribution in [0.1, 0.15) is 46.1 Å². The van der Waals surface area contributed by atoms with Crippen LogP contribution < -0.4 is 15.8 Å². The average Bonchev–Trinajstić information content (AvgIpc) is 3.77. The van der Waals surface area contributed by atoms with E-state index in [0.29, 0.717) is 0 Å². The highest BCUT2D eigenvalue weighted by Gasteiger charge is 2.48. The molecule has 3 aromatic rings. The van der Waals surface area contributed by atoms with Crippen LogP contribution in [0, 0.1) is 0 Å². The van der Waals surface area contributed by atoms with Crippen LogP contribution in [0.15, 0.2) is 70.5 Å². The van der Waals surface area contributed by atoms with Gasteiger partial charge in [0.2, 0.25) is 5.43 Å². The number of nitrogens with one attached hydrogen (secondary N) is 1. The lowest BCUT2D eigenvalue weighted by molar-refractivity contribution is -0.141. The van der Waals surface area contributed by atoms with Gasteiger partial charge in [0.25, 0.3) is 11.8 Å². The predicted molar refractivity (Wildman–Crippen MR) is 141 cm³/mol. The first-order valence-electron chi connectivity index (χ1n) is 12.8. The molecule has 7 rings (SSSR count). The Balaban J connectivity index is 1.40. The minimum atomic E-state index is -0.828. The minimum absolute atomic E-state index is 0.0197. The zero-order valence-corrected chi connectivity index (χ0v) is 21.3. The SMILES string of the molecule is O=C(NC1CC1)C1CN2C(=O)c3c(O)c(=O)ccn3N([C@H]3c4ccccc4CSc4ccccc43)[C@@H]2CO1. The molecule has 4 aliphatic rings. The molecule has 1 saturated heterocycles. The maximum Gasteiger partial charge on any atom is 0.278 e. The molecule has 9 nitrogen and oxygen atoms in total. The smallest absolute Gasteiger partial charge is 0.278 e. The van der Waals surface area contributed by atoms with Crippen molar-refractivity contribution >= 4 is 23.6 Å². The Labute approximate surface area is 223 Å². The zero-order chi connectivity index (χ0) is 26.0. The lowest BCUT2D eigenvalue weighted by Crippen LogP contribution is -2.68. The summed E-state index contributed by atoms with van der Waals surface area (Å²) in [5.74, 6) is -0.561. The molecule has 3 atom stereocenters. The summed E-state index contributed by atoms with van der Waals surface area (Å²) in [5.41, 5.74) is 2.54. The molecule has 2 amide bonds. The molecule has 1 saturated carbocycles. The van der Waals surface area contributed by atoms with Crippen molar-refractivity contribution in [2.24, 2.45) is 0 Å². The molecule has 2 N–H and O–H groups in total. The number of aromatic hydroxyl groups is 1. The van der Waals surface area contributed by atoms with Crippen LogP contribution >= 0.6 is 11.8 Å². The van der Waals surface area contributed by atoms with E-state index >= 15 is 0 Å². The monoisotopic (exact) mass is 530 g/mol. The van der Waals surface area contributed by atoms with Crippen LogP contribution in [0.2, 0.25) is 0 Å². The fourth-order valence-electron chi connectivity index (χ4n) is 5.63. The number of aromatic nitrogens is 1. The molecule has 2 aromatic carbocycles. The molecule has 0 spiro atoms. The van der Waals surface area contributed by atoms with Gasteiger partial charge in [-0.2, -0.15) is 0 Å². The van der Waals surface area contributed by atoms with Gasteiger partial charge in [0.15, 0.2) is 17.5 Å². The number of carbonyl (C=O) groups is 2. The highest BCUT2D eigenvalue weighted by Crippen LogP contribution is 2.44. The topological polar surface area (TPSA) is 104 Å². The third kappa shape index (κ3) is 3.70. The van der Waals surface area contributed by atoms with Gasteiger partial charge in [-0.05, 0) is 35.6 Å². The summed E-state index contributed by atoms with van der Waals surface area (Å²) in [6.45, 7) is 0.112. The molecule has 2 fully saturated rings. The van der Waals surface area contributed by atoms with Gasteiger partial charge in [-0.25, -0.2) is 0 Å². The fourth-order valence-corrected chi connectivity index (χ4v) is 6.72. The molecule has 194 valence electrons. The highest BCUT2D eigenvalue weighted by molar-refractivity contribution is 7.98. The number of fused-ring (bicyclic) bond motifs is 4. The average molecular weight is 531 g/mol. The predicted octanol–water partition coefficient (Wildman–Crippen LogP) is 2.35. The molecule has 4 heterocycles. The zero-order valence-electron chi connectivity index (χ0n) is 20.4. The van der Waals surface area contributed by atoms with Crippen molar-refractivity contribution in [2.75, 3.05) is 18.2 Å². The number of benzene rings is 2. The molecule has 0 radical (unpaired) electrons. The molecule has 0 bridgehead atoms. The Hall–Kier alpha value is -3.76. The van der Waals surface area contributed by atoms with Crippen molar-refractivity contribution in [1.82, 2.24) is 14.9 Å². The molecule has 38 heavy (non-hydrogen) atoms. The largest absolute Gasteiger partial charge is 0.502 e. The number of morpholine rings is 1. The maximum absolute atomic E-state index is 13.8. The molecular formula is C28H26N4O5S. The van der Waals surface area contributed by atoms with E-state index in [9.17, 15) is 19.5 Å². The summed E-state index contributed by atoms with van der Waals surface area (Å²) in [4.78, 5) is 41.8. The Morgan fingerprint density at radius 3 is 2.61 bits per heavy atom. The normalized spacial score (nSPS) is 24.0. The van der Waals surface area contributed by atoms with E-state index in [1.165, 1.54) is 6.07 Å². The van der Waals surface area contributed by atoms with Gasteiger partial charge < -0.3 is 20.1 Å². The first kappa shape index (κ1) is 23.4. The Bertz CT molecular complexity index is 1470. The first-order chi connectivity index (χ1) is 18.5. The number of hydrogen-bond donors (Lipinski definition) is 2. The number of hydrogen-bond acceptors (Lipinski definition) is 7. The Morgan fingerprint density at radius 2 is 1.79 bits per heavy atom. The van der Waals surface area contributed by atoms with E-state index in [0.717, 1.165) is 40.2 Å². The van der Waals surface area contributed by atoms with Crippen LogP contribution in [0.25, 0.3) is 0 Å². The second-order valence-corrected chi connectivity index (χ2v) is 11.1. The Morgan fingerprint density at radius 1 is 1.03 bits per heavy atom. The van der Waals surface area contributed by atoms with Crippen molar-refractivity contribution in [1.29, 1.82) is 0 Å². The number of thioether (sulfide) groups is 1. The van der Waals surface area contributed by atoms with E-state index in [4.69, 9.17) is 4.74 Å². The van der Waals surface area contributed by atoms with E-state index in [-0.39, 0.29) is 36.8 Å². The van der Waals surface area contributed by atoms with Gasteiger partial charge in [0, 0.05) is 29.0 Å². The molecule has 1 aliphatic carbocycles. The summed E-state index contributed by atoms with van der Waals surface area (Å²) in [5, 5.41) is 15.8. The summed E-state index contributed by atoms with van der Waals surface area (Å²) in [6.07, 6.45) is 2.03. The van der Waals surface area contributed by atoms with Crippen LogP contribution in [-0.2, 0) is 15.3 Å². The minimum Gasteiger partial charge on any atom is -0.502 e. The maximum atomic E-state index is 13.8. The van der Waals surface area contributed by atoms with E-state index in [1.54, 1.807) is 27.5 Å². The highest BCUT2D eigenvalue weighted by atomic mass is 32.2. The van der Waals surface area contributed by atoms with Crippen molar-refractivity contribution in [3.8, 4) is 5.75 Å². The Kier molecular flexibility index (Phi) is 5.48. The van der Waals surface area contributed by atoms with E-state index < -0.39 is 29.4 Å². The van der Waals surface area contributed by atoms with Gasteiger partial charge in [-0.3, -0.25) is 24.1 Å². The van der Waals surface area contributed by atoms with Gasteiger partial charge in [-0.1, -0.05) is 42.5 Å². The number of amides is 2. The van der Waals surface area contributed by atoms with E-state index in [1.807, 2.05) is 29.3 Å². The number of nitrogens with zero attached hydrogens (tertiary/aromatic N) is 3. The standard InChI is InChI=1S/C28H26N4O5S/c33-20-11-12-31-25(26(20)34)28(36)30-13-21(27(35)29-17-9-10-17)37-14-23(30)32(31)24-18-6-2-1-5-16(18)15-38-22-8-4-3-7-19(22)24/h1-8,11-12,17,21,23-24,34H,9-10,13-15H2,(H,29,35)/t21?,23-,24+/m1/s1. The molecule has 1 unspecified atom stereocenters. The molecule has 3 aliphatic heterocycles. The lowest BCUT2D eigenvalue weighted by atomic mass is 9.93. The van der Waals surface area contributed by atoms with Crippen LogP contribution in [0.5, 0.6) is 5.75 Å². The quantitative estimate of drug-likeness (QED) is 0.536. The van der Waals surface area contributed by atoms with Crippen LogP contribution in [-0.4, -0.2) is 58.0 Å². The van der Waals surface area contributed by atoms with Crippen molar-refractivity contribution in [3.05, 3.63) is 93.4 Å². The number of rotatable bonds is 3. The third-order valence-electron chi connectivity index (χ3n) is 7.67.